The van der Waals surface area contributed by atoms with E-state index in [-0.39, 0.29) is 0 Å². The molecule has 9 heteroatoms. The van der Waals surface area contributed by atoms with Gasteiger partial charge in [0.2, 0.25) is 17.8 Å². The van der Waals surface area contributed by atoms with Gasteiger partial charge < -0.3 is 31.2 Å². The second-order valence-electron chi connectivity index (χ2n) is 6.30. The molecule has 0 aliphatic heterocycles. The van der Waals surface area contributed by atoms with Gasteiger partial charge in [0, 0.05) is 25.7 Å². The highest BCUT2D eigenvalue weighted by molar-refractivity contribution is 5.42. The minimum Gasteiger partial charge on any atom is -0.378 e. The lowest BCUT2D eigenvalue weighted by atomic mass is 9.93. The molecule has 148 valence electrons. The molecule has 0 bridgehead atoms. The molecule has 1 saturated carbocycles. The summed E-state index contributed by atoms with van der Waals surface area (Å²) in [5.74, 6) is 1.79. The van der Waals surface area contributed by atoms with Crippen molar-refractivity contribution in [3.05, 3.63) is 0 Å². The third kappa shape index (κ3) is 8.11. The molecule has 0 atom stereocenters. The number of nitrogens with one attached hydrogen (secondary N) is 3. The summed E-state index contributed by atoms with van der Waals surface area (Å²) in [5, 5.41) is 9.84. The predicted octanol–water partition coefficient (Wildman–Crippen LogP) is 1.45. The van der Waals surface area contributed by atoms with Crippen molar-refractivity contribution in [3.8, 4) is 0 Å². The van der Waals surface area contributed by atoms with Gasteiger partial charge in [-0.25, -0.2) is 0 Å². The molecule has 0 saturated heterocycles. The van der Waals surface area contributed by atoms with Gasteiger partial charge in [-0.05, 0) is 25.7 Å². The maximum Gasteiger partial charge on any atom is 0.229 e. The number of aromatic nitrogens is 3. The average molecular weight is 367 g/mol. The minimum absolute atomic E-state index is 0.477. The van der Waals surface area contributed by atoms with Gasteiger partial charge in [0.25, 0.3) is 0 Å². The van der Waals surface area contributed by atoms with Crippen molar-refractivity contribution < 1.29 is 9.47 Å². The fraction of sp³-hybridized carbons (Fsp3) is 0.824. The third-order valence-corrected chi connectivity index (χ3v) is 4.05. The van der Waals surface area contributed by atoms with Gasteiger partial charge in [0.05, 0.1) is 26.4 Å². The maximum absolute atomic E-state index is 5.50. The largest absolute Gasteiger partial charge is 0.378 e. The molecule has 1 aromatic rings. The number of unbranched alkanes of at least 4 members (excludes halogenated alkanes) is 1. The Labute approximate surface area is 155 Å². The van der Waals surface area contributed by atoms with E-state index in [1.54, 1.807) is 0 Å². The zero-order valence-electron chi connectivity index (χ0n) is 15.8. The Kier molecular flexibility index (Phi) is 9.99. The van der Waals surface area contributed by atoms with Gasteiger partial charge in [-0.15, -0.1) is 0 Å². The molecule has 0 aromatic carbocycles. The highest BCUT2D eigenvalue weighted by Crippen LogP contribution is 2.22. The molecular formula is C17H33N7O2. The normalized spacial score (nSPS) is 14.1. The van der Waals surface area contributed by atoms with Crippen LogP contribution in [0.2, 0.25) is 0 Å². The van der Waals surface area contributed by atoms with Crippen LogP contribution in [0.5, 0.6) is 0 Å². The minimum atomic E-state index is 0.477. The van der Waals surface area contributed by atoms with Crippen molar-refractivity contribution in [1.82, 2.24) is 15.0 Å². The zero-order valence-corrected chi connectivity index (χ0v) is 15.8. The van der Waals surface area contributed by atoms with Gasteiger partial charge >= 0.3 is 0 Å². The number of hydrogen-bond acceptors (Lipinski definition) is 9. The van der Waals surface area contributed by atoms with E-state index >= 15 is 0 Å². The summed E-state index contributed by atoms with van der Waals surface area (Å²) < 4.78 is 10.8. The number of nitrogens with zero attached hydrogens (tertiary/aromatic N) is 3. The van der Waals surface area contributed by atoms with Crippen molar-refractivity contribution in [2.45, 2.75) is 45.1 Å². The summed E-state index contributed by atoms with van der Waals surface area (Å²) in [5.41, 5.74) is 5.36. The SMILES string of the molecule is CCCCNc1nc(NCCOCCOCCN)nc(NC2CCC2)n1. The molecule has 1 heterocycles. The van der Waals surface area contributed by atoms with Crippen LogP contribution in [-0.4, -0.2) is 67.1 Å². The number of ether oxygens (including phenoxy) is 2. The summed E-state index contributed by atoms with van der Waals surface area (Å²) in [7, 11) is 0. The fourth-order valence-corrected chi connectivity index (χ4v) is 2.35. The standard InChI is InChI=1S/C17H33N7O2/c1-2-3-8-19-15-22-16(20-9-11-26-13-12-25-10-7-18)24-17(23-15)21-14-5-4-6-14/h14H,2-13,18H2,1H3,(H3,19,20,21,22,23,24). The van der Waals surface area contributed by atoms with Crippen molar-refractivity contribution in [1.29, 1.82) is 0 Å². The van der Waals surface area contributed by atoms with Crippen molar-refractivity contribution >= 4 is 17.8 Å². The van der Waals surface area contributed by atoms with Crippen LogP contribution in [0.15, 0.2) is 0 Å². The Hall–Kier alpha value is -1.71. The molecule has 9 nitrogen and oxygen atoms in total. The molecule has 5 N–H and O–H groups in total. The summed E-state index contributed by atoms with van der Waals surface area (Å²) in [6, 6.07) is 0.477. The highest BCUT2D eigenvalue weighted by atomic mass is 16.5. The molecule has 0 spiro atoms. The van der Waals surface area contributed by atoms with E-state index in [4.69, 9.17) is 15.2 Å². The Morgan fingerprint density at radius 3 is 2.19 bits per heavy atom. The lowest BCUT2D eigenvalue weighted by Crippen LogP contribution is -2.28. The van der Waals surface area contributed by atoms with Crippen LogP contribution < -0.4 is 21.7 Å². The Morgan fingerprint density at radius 2 is 1.58 bits per heavy atom. The van der Waals surface area contributed by atoms with Crippen LogP contribution in [0.25, 0.3) is 0 Å². The smallest absolute Gasteiger partial charge is 0.229 e. The molecule has 0 radical (unpaired) electrons. The lowest BCUT2D eigenvalue weighted by Gasteiger charge is -2.26. The van der Waals surface area contributed by atoms with Crippen LogP contribution in [0.1, 0.15) is 39.0 Å². The van der Waals surface area contributed by atoms with E-state index in [1.165, 1.54) is 19.3 Å². The second kappa shape index (κ2) is 12.6. The molecule has 1 fully saturated rings. The molecule has 1 aromatic heterocycles. The average Bonchev–Trinajstić information content (AvgIpc) is 2.61. The molecular weight excluding hydrogens is 334 g/mol. The number of anilines is 3. The zero-order chi connectivity index (χ0) is 18.5. The molecule has 26 heavy (non-hydrogen) atoms. The van der Waals surface area contributed by atoms with Crippen LogP contribution in [0.3, 0.4) is 0 Å². The van der Waals surface area contributed by atoms with Gasteiger partial charge in [0.15, 0.2) is 0 Å². The predicted molar refractivity (Wildman–Crippen MR) is 104 cm³/mol. The highest BCUT2D eigenvalue weighted by Gasteiger charge is 2.18. The summed E-state index contributed by atoms with van der Waals surface area (Å²) in [6.45, 7) is 6.41. The van der Waals surface area contributed by atoms with Gasteiger partial charge in [-0.2, -0.15) is 15.0 Å². The van der Waals surface area contributed by atoms with Crippen LogP contribution in [-0.2, 0) is 9.47 Å². The van der Waals surface area contributed by atoms with Crippen molar-refractivity contribution in [3.63, 3.8) is 0 Å². The van der Waals surface area contributed by atoms with Crippen LogP contribution in [0, 0.1) is 0 Å². The van der Waals surface area contributed by atoms with Crippen LogP contribution >= 0.6 is 0 Å². The van der Waals surface area contributed by atoms with Gasteiger partial charge in [0.1, 0.15) is 0 Å². The van der Waals surface area contributed by atoms with E-state index in [9.17, 15) is 0 Å². The van der Waals surface area contributed by atoms with Crippen molar-refractivity contribution in [2.24, 2.45) is 5.73 Å². The van der Waals surface area contributed by atoms with Crippen molar-refractivity contribution in [2.75, 3.05) is 62.0 Å². The topological polar surface area (TPSA) is 119 Å². The van der Waals surface area contributed by atoms with E-state index in [0.717, 1.165) is 19.4 Å². The molecule has 2 rings (SSSR count). The van der Waals surface area contributed by atoms with E-state index in [0.29, 0.717) is 63.4 Å². The lowest BCUT2D eigenvalue weighted by molar-refractivity contribution is 0.0547. The number of nitrogens with two attached hydrogens (primary N) is 1. The number of hydrogen-bond donors (Lipinski definition) is 4. The quantitative estimate of drug-likeness (QED) is 0.341. The Bertz CT molecular complexity index is 500. The Balaban J connectivity index is 1.76. The van der Waals surface area contributed by atoms with Crippen LogP contribution in [0.4, 0.5) is 17.8 Å². The first-order chi connectivity index (χ1) is 12.8. The first kappa shape index (κ1) is 20.6. The van der Waals surface area contributed by atoms with E-state index in [1.807, 2.05) is 0 Å². The first-order valence-corrected chi connectivity index (χ1v) is 9.67. The monoisotopic (exact) mass is 367 g/mol. The summed E-state index contributed by atoms with van der Waals surface area (Å²) >= 11 is 0. The fourth-order valence-electron chi connectivity index (χ4n) is 2.35. The summed E-state index contributed by atoms with van der Waals surface area (Å²) in [4.78, 5) is 13.4. The van der Waals surface area contributed by atoms with Gasteiger partial charge in [-0.1, -0.05) is 13.3 Å². The number of rotatable bonds is 15. The molecule has 0 unspecified atom stereocenters. The maximum atomic E-state index is 5.50. The molecule has 1 aliphatic rings. The van der Waals surface area contributed by atoms with E-state index < -0.39 is 0 Å². The van der Waals surface area contributed by atoms with Gasteiger partial charge in [-0.3, -0.25) is 0 Å². The van der Waals surface area contributed by atoms with E-state index in [2.05, 4.69) is 37.8 Å². The first-order valence-electron chi connectivity index (χ1n) is 9.67. The molecule has 1 aliphatic carbocycles. The third-order valence-electron chi connectivity index (χ3n) is 4.05. The molecule has 0 amide bonds. The summed E-state index contributed by atoms with van der Waals surface area (Å²) in [6.07, 6.45) is 5.82. The Morgan fingerprint density at radius 1 is 0.923 bits per heavy atom. The second-order valence-corrected chi connectivity index (χ2v) is 6.30.